The molecule has 1 aromatic carbocycles. The van der Waals surface area contributed by atoms with Gasteiger partial charge >= 0.3 is 5.97 Å². The number of halogens is 1. The van der Waals surface area contributed by atoms with Crippen molar-refractivity contribution in [2.75, 3.05) is 6.61 Å². The number of carbonyl (C=O) groups is 1. The van der Waals surface area contributed by atoms with Crippen LogP contribution in [0.15, 0.2) is 48.7 Å². The highest BCUT2D eigenvalue weighted by Gasteiger charge is 2.07. The summed E-state index contributed by atoms with van der Waals surface area (Å²) < 4.78 is 5.13. The van der Waals surface area contributed by atoms with Crippen LogP contribution in [0.1, 0.15) is 16.1 Å². The average molecular weight is 262 g/mol. The van der Waals surface area contributed by atoms with Crippen LogP contribution >= 0.6 is 11.6 Å². The van der Waals surface area contributed by atoms with E-state index in [1.54, 1.807) is 24.4 Å². The largest absolute Gasteiger partial charge is 0.461 e. The molecule has 0 radical (unpaired) electrons. The first-order valence-corrected chi connectivity index (χ1v) is 5.96. The van der Waals surface area contributed by atoms with Crippen LogP contribution in [0.4, 0.5) is 0 Å². The van der Waals surface area contributed by atoms with Crippen LogP contribution in [-0.4, -0.2) is 17.6 Å². The quantitative estimate of drug-likeness (QED) is 0.794. The van der Waals surface area contributed by atoms with Crippen molar-refractivity contribution in [3.63, 3.8) is 0 Å². The number of rotatable bonds is 4. The molecule has 0 saturated carbocycles. The Hall–Kier alpha value is -1.87. The Bertz CT molecular complexity index is 511. The molecule has 0 aliphatic rings. The fraction of sp³-hybridized carbons (Fsp3) is 0.143. The van der Waals surface area contributed by atoms with Gasteiger partial charge in [0.1, 0.15) is 5.69 Å². The molecule has 92 valence electrons. The molecule has 3 nitrogen and oxygen atoms in total. The van der Waals surface area contributed by atoms with Gasteiger partial charge in [0.25, 0.3) is 0 Å². The first-order valence-electron chi connectivity index (χ1n) is 5.58. The Labute approximate surface area is 110 Å². The molecule has 0 aliphatic heterocycles. The Morgan fingerprint density at radius 2 is 1.94 bits per heavy atom. The maximum absolute atomic E-state index is 11.6. The topological polar surface area (TPSA) is 39.2 Å². The minimum atomic E-state index is -0.399. The molecule has 0 amide bonds. The summed E-state index contributed by atoms with van der Waals surface area (Å²) in [7, 11) is 0. The molecule has 1 aromatic heterocycles. The lowest BCUT2D eigenvalue weighted by molar-refractivity contribution is 0.0502. The Morgan fingerprint density at radius 1 is 1.17 bits per heavy atom. The SMILES string of the molecule is O=C(OCCc1ccc(Cl)cc1)c1ccccn1. The molecule has 1 heterocycles. The van der Waals surface area contributed by atoms with E-state index in [1.165, 1.54) is 0 Å². The van der Waals surface area contributed by atoms with Crippen LogP contribution in [-0.2, 0) is 11.2 Å². The molecule has 0 spiro atoms. The van der Waals surface area contributed by atoms with E-state index in [4.69, 9.17) is 16.3 Å². The van der Waals surface area contributed by atoms with Crippen LogP contribution in [0.3, 0.4) is 0 Å². The van der Waals surface area contributed by atoms with Gasteiger partial charge in [-0.3, -0.25) is 0 Å². The van der Waals surface area contributed by atoms with Gasteiger partial charge in [0.05, 0.1) is 6.61 Å². The van der Waals surface area contributed by atoms with Crippen LogP contribution in [0, 0.1) is 0 Å². The van der Waals surface area contributed by atoms with Gasteiger partial charge < -0.3 is 4.74 Å². The maximum Gasteiger partial charge on any atom is 0.356 e. The molecule has 2 rings (SSSR count). The molecular weight excluding hydrogens is 250 g/mol. The van der Waals surface area contributed by atoms with Crippen molar-refractivity contribution >= 4 is 17.6 Å². The normalized spacial score (nSPS) is 10.1. The van der Waals surface area contributed by atoms with Gasteiger partial charge in [-0.1, -0.05) is 29.8 Å². The second-order valence-corrected chi connectivity index (χ2v) is 4.16. The summed E-state index contributed by atoms with van der Waals surface area (Å²) in [5.41, 5.74) is 1.40. The highest BCUT2D eigenvalue weighted by atomic mass is 35.5. The van der Waals surface area contributed by atoms with Crippen molar-refractivity contribution in [3.8, 4) is 0 Å². The molecule has 0 atom stereocenters. The van der Waals surface area contributed by atoms with E-state index in [0.29, 0.717) is 23.7 Å². The number of ether oxygens (including phenoxy) is 1. The van der Waals surface area contributed by atoms with Crippen molar-refractivity contribution in [3.05, 3.63) is 64.9 Å². The second kappa shape index (κ2) is 6.17. The van der Waals surface area contributed by atoms with Gasteiger partial charge in [-0.15, -0.1) is 0 Å². The highest BCUT2D eigenvalue weighted by Crippen LogP contribution is 2.10. The smallest absolute Gasteiger partial charge is 0.356 e. The van der Waals surface area contributed by atoms with Crippen LogP contribution in [0.5, 0.6) is 0 Å². The van der Waals surface area contributed by atoms with Gasteiger partial charge in [-0.05, 0) is 29.8 Å². The fourth-order valence-electron chi connectivity index (χ4n) is 1.47. The highest BCUT2D eigenvalue weighted by molar-refractivity contribution is 6.30. The van der Waals surface area contributed by atoms with E-state index >= 15 is 0 Å². The van der Waals surface area contributed by atoms with E-state index in [2.05, 4.69) is 4.98 Å². The molecule has 0 saturated heterocycles. The summed E-state index contributed by atoms with van der Waals surface area (Å²) in [5.74, 6) is -0.399. The van der Waals surface area contributed by atoms with Gasteiger partial charge in [-0.2, -0.15) is 0 Å². The predicted octanol–water partition coefficient (Wildman–Crippen LogP) is 3.13. The summed E-state index contributed by atoms with van der Waals surface area (Å²) in [4.78, 5) is 15.5. The monoisotopic (exact) mass is 261 g/mol. The van der Waals surface area contributed by atoms with Crippen LogP contribution < -0.4 is 0 Å². The van der Waals surface area contributed by atoms with E-state index < -0.39 is 5.97 Å². The number of hydrogen-bond acceptors (Lipinski definition) is 3. The van der Waals surface area contributed by atoms with E-state index in [9.17, 15) is 4.79 Å². The first-order chi connectivity index (χ1) is 8.75. The number of pyridine rings is 1. The molecule has 0 bridgehead atoms. The molecule has 18 heavy (non-hydrogen) atoms. The molecule has 0 N–H and O–H groups in total. The zero-order chi connectivity index (χ0) is 12.8. The molecule has 0 unspecified atom stereocenters. The van der Waals surface area contributed by atoms with E-state index in [0.717, 1.165) is 5.56 Å². The minimum Gasteiger partial charge on any atom is -0.461 e. The fourth-order valence-corrected chi connectivity index (χ4v) is 1.60. The molecule has 2 aromatic rings. The summed E-state index contributed by atoms with van der Waals surface area (Å²) >= 11 is 5.78. The number of carbonyl (C=O) groups excluding carboxylic acids is 1. The summed E-state index contributed by atoms with van der Waals surface area (Å²) in [6, 6.07) is 12.6. The standard InChI is InChI=1S/C14H12ClNO2/c15-12-6-4-11(5-7-12)8-10-18-14(17)13-3-1-2-9-16-13/h1-7,9H,8,10H2. The van der Waals surface area contributed by atoms with E-state index in [1.807, 2.05) is 24.3 Å². The van der Waals surface area contributed by atoms with Gasteiger partial charge in [0, 0.05) is 17.6 Å². The van der Waals surface area contributed by atoms with Crippen molar-refractivity contribution in [1.29, 1.82) is 0 Å². The lowest BCUT2D eigenvalue weighted by atomic mass is 10.2. The number of benzene rings is 1. The number of aromatic nitrogens is 1. The van der Waals surface area contributed by atoms with Crippen LogP contribution in [0.2, 0.25) is 5.02 Å². The maximum atomic E-state index is 11.6. The Morgan fingerprint density at radius 3 is 2.61 bits per heavy atom. The third-order valence-electron chi connectivity index (χ3n) is 2.41. The van der Waals surface area contributed by atoms with E-state index in [-0.39, 0.29) is 0 Å². The first kappa shape index (κ1) is 12.6. The molecule has 0 aliphatic carbocycles. The summed E-state index contributed by atoms with van der Waals surface area (Å²) in [6.07, 6.45) is 2.23. The van der Waals surface area contributed by atoms with Crippen LogP contribution in [0.25, 0.3) is 0 Å². The third-order valence-corrected chi connectivity index (χ3v) is 2.66. The summed E-state index contributed by atoms with van der Waals surface area (Å²) in [6.45, 7) is 0.330. The molecule has 4 heteroatoms. The molecular formula is C14H12ClNO2. The molecule has 0 fully saturated rings. The lowest BCUT2D eigenvalue weighted by Crippen LogP contribution is -2.09. The zero-order valence-electron chi connectivity index (χ0n) is 9.67. The third kappa shape index (κ3) is 3.57. The number of nitrogens with zero attached hydrogens (tertiary/aromatic N) is 1. The number of hydrogen-bond donors (Lipinski definition) is 0. The van der Waals surface area contributed by atoms with Crippen molar-refractivity contribution < 1.29 is 9.53 Å². The van der Waals surface area contributed by atoms with Crippen molar-refractivity contribution in [2.24, 2.45) is 0 Å². The Kier molecular flexibility index (Phi) is 4.31. The van der Waals surface area contributed by atoms with Crippen molar-refractivity contribution in [2.45, 2.75) is 6.42 Å². The second-order valence-electron chi connectivity index (χ2n) is 3.73. The van der Waals surface area contributed by atoms with Gasteiger partial charge in [-0.25, -0.2) is 9.78 Å². The summed E-state index contributed by atoms with van der Waals surface area (Å²) in [5, 5.41) is 0.698. The van der Waals surface area contributed by atoms with Crippen molar-refractivity contribution in [1.82, 2.24) is 4.98 Å². The lowest BCUT2D eigenvalue weighted by Gasteiger charge is -2.04. The Balaban J connectivity index is 1.82. The predicted molar refractivity (Wildman–Crippen MR) is 69.7 cm³/mol. The zero-order valence-corrected chi connectivity index (χ0v) is 10.4. The van der Waals surface area contributed by atoms with Gasteiger partial charge in [0.2, 0.25) is 0 Å². The average Bonchev–Trinajstić information content (AvgIpc) is 2.42. The minimum absolute atomic E-state index is 0.327. The number of esters is 1. The van der Waals surface area contributed by atoms with Gasteiger partial charge in [0.15, 0.2) is 0 Å².